The molecule has 2 aliphatic heterocycles. The molecule has 4 aliphatic rings. The second-order valence-corrected chi connectivity index (χ2v) is 10.9. The number of amidine groups is 1. The van der Waals surface area contributed by atoms with Gasteiger partial charge in [0.15, 0.2) is 0 Å². The maximum atomic E-state index is 15.5. The number of carbonyl (C=O) groups excluding carboxylic acids is 2. The molecule has 0 radical (unpaired) electrons. The summed E-state index contributed by atoms with van der Waals surface area (Å²) >= 11 is 6.00. The lowest BCUT2D eigenvalue weighted by molar-refractivity contribution is -0.133. The lowest BCUT2D eigenvalue weighted by Crippen LogP contribution is -2.45. The fourth-order valence-corrected chi connectivity index (χ4v) is 5.84. The second-order valence-electron chi connectivity index (χ2n) is 10.5. The van der Waals surface area contributed by atoms with E-state index in [1.54, 1.807) is 23.1 Å². The molecule has 2 aromatic rings. The quantitative estimate of drug-likeness (QED) is 0.575. The van der Waals surface area contributed by atoms with Gasteiger partial charge in [-0.15, -0.1) is 0 Å². The summed E-state index contributed by atoms with van der Waals surface area (Å²) in [5.41, 5.74) is 1.22. The molecule has 0 unspecified atom stereocenters. The first-order valence-electron chi connectivity index (χ1n) is 12.9. The number of benzene rings is 2. The number of nitrogens with zero attached hydrogens (tertiary/aromatic N) is 4. The van der Waals surface area contributed by atoms with Crippen LogP contribution in [0.1, 0.15) is 44.1 Å². The van der Waals surface area contributed by atoms with Gasteiger partial charge in [0.1, 0.15) is 17.2 Å². The van der Waals surface area contributed by atoms with Crippen molar-refractivity contribution >= 4 is 29.3 Å². The largest absolute Gasteiger partial charge is 0.328 e. The minimum Gasteiger partial charge on any atom is -0.328 e. The van der Waals surface area contributed by atoms with Crippen LogP contribution in [-0.4, -0.2) is 70.7 Å². The Balaban J connectivity index is 1.22. The van der Waals surface area contributed by atoms with Crippen molar-refractivity contribution in [3.8, 4) is 11.1 Å². The van der Waals surface area contributed by atoms with Crippen molar-refractivity contribution in [2.24, 2.45) is 10.9 Å². The molecule has 2 amide bonds. The molecule has 0 aromatic heterocycles. The zero-order valence-corrected chi connectivity index (χ0v) is 21.0. The molecule has 2 saturated carbocycles. The number of rotatable bonds is 6. The number of hydrogen-bond acceptors (Lipinski definition) is 4. The van der Waals surface area contributed by atoms with Gasteiger partial charge in [-0.1, -0.05) is 42.6 Å². The van der Waals surface area contributed by atoms with Gasteiger partial charge in [-0.3, -0.25) is 24.4 Å². The molecule has 6 nitrogen and oxygen atoms in total. The summed E-state index contributed by atoms with van der Waals surface area (Å²) in [6.45, 7) is 3.18. The number of aliphatic imine (C=N–C) groups is 1. The molecule has 3 fully saturated rings. The van der Waals surface area contributed by atoms with E-state index in [1.807, 2.05) is 23.1 Å². The van der Waals surface area contributed by atoms with Crippen LogP contribution in [0.2, 0.25) is 5.02 Å². The topological polar surface area (TPSA) is 56.2 Å². The molecule has 2 heterocycles. The lowest BCUT2D eigenvalue weighted by atomic mass is 9.98. The Bertz CT molecular complexity index is 1220. The van der Waals surface area contributed by atoms with Crippen molar-refractivity contribution in [1.29, 1.82) is 0 Å². The lowest BCUT2D eigenvalue weighted by Gasteiger charge is -2.25. The van der Waals surface area contributed by atoms with Crippen LogP contribution in [0.15, 0.2) is 47.5 Å². The highest BCUT2D eigenvalue weighted by molar-refractivity contribution is 6.30. The van der Waals surface area contributed by atoms with Gasteiger partial charge in [-0.05, 0) is 61.1 Å². The van der Waals surface area contributed by atoms with Crippen molar-refractivity contribution in [2.45, 2.75) is 44.1 Å². The minimum atomic E-state index is -0.754. The molecule has 1 saturated heterocycles. The Kier molecular flexibility index (Phi) is 6.08. The van der Waals surface area contributed by atoms with Gasteiger partial charge >= 0.3 is 0 Å². The smallest absolute Gasteiger partial charge is 0.256 e. The molecule has 1 spiro atoms. The monoisotopic (exact) mass is 508 g/mol. The normalized spacial score (nSPS) is 21.6. The first-order valence-corrected chi connectivity index (χ1v) is 13.3. The van der Waals surface area contributed by atoms with Gasteiger partial charge in [-0.2, -0.15) is 0 Å². The van der Waals surface area contributed by atoms with E-state index >= 15 is 4.39 Å². The number of carbonyl (C=O) groups is 2. The van der Waals surface area contributed by atoms with Gasteiger partial charge in [0.25, 0.3) is 5.91 Å². The van der Waals surface area contributed by atoms with Crippen LogP contribution < -0.4 is 0 Å². The zero-order valence-electron chi connectivity index (χ0n) is 20.3. The molecule has 36 heavy (non-hydrogen) atoms. The molecule has 0 bridgehead atoms. The van der Waals surface area contributed by atoms with E-state index in [9.17, 15) is 9.59 Å². The van der Waals surface area contributed by atoms with Gasteiger partial charge in [-0.25, -0.2) is 4.39 Å². The standard InChI is InChI=1S/C28H30ClFN4O2/c29-22-8-5-19(6-9-22)21-7-10-23(24(30)17-21)25-31-28(11-1-2-12-28)27(36)34(25)16-14-32-13-15-33(18-32)26(35)20-3-4-20/h5-10,17,20H,1-4,11-16,18H2. The Morgan fingerprint density at radius 1 is 1.03 bits per heavy atom. The fraction of sp³-hybridized carbons (Fsp3) is 0.464. The third kappa shape index (κ3) is 4.33. The number of amides is 2. The summed E-state index contributed by atoms with van der Waals surface area (Å²) in [4.78, 5) is 36.7. The van der Waals surface area contributed by atoms with Crippen molar-refractivity contribution < 1.29 is 14.0 Å². The van der Waals surface area contributed by atoms with E-state index in [1.165, 1.54) is 6.07 Å². The first kappa shape index (κ1) is 23.6. The fourth-order valence-electron chi connectivity index (χ4n) is 5.71. The second kappa shape index (κ2) is 9.27. The molecular formula is C28H30ClFN4O2. The Morgan fingerprint density at radius 3 is 2.44 bits per heavy atom. The SMILES string of the molecule is O=C(C1CC1)N1CCN(CCN2C(=O)C3(CCCC3)N=C2c2ccc(-c3ccc(Cl)cc3)cc2F)C1. The summed E-state index contributed by atoms with van der Waals surface area (Å²) in [7, 11) is 0. The number of hydrogen-bond donors (Lipinski definition) is 0. The highest BCUT2D eigenvalue weighted by Crippen LogP contribution is 2.40. The highest BCUT2D eigenvalue weighted by atomic mass is 35.5. The molecule has 2 aromatic carbocycles. The number of halogens is 2. The van der Waals surface area contributed by atoms with Crippen molar-refractivity contribution in [1.82, 2.24) is 14.7 Å². The van der Waals surface area contributed by atoms with E-state index in [2.05, 4.69) is 4.90 Å². The van der Waals surface area contributed by atoms with E-state index < -0.39 is 11.4 Å². The van der Waals surface area contributed by atoms with Gasteiger partial charge in [0.2, 0.25) is 5.91 Å². The van der Waals surface area contributed by atoms with Crippen LogP contribution >= 0.6 is 11.6 Å². The third-order valence-electron chi connectivity index (χ3n) is 7.97. The minimum absolute atomic E-state index is 0.0127. The Hall–Kier alpha value is -2.77. The predicted molar refractivity (Wildman–Crippen MR) is 137 cm³/mol. The van der Waals surface area contributed by atoms with Crippen LogP contribution in [0.4, 0.5) is 4.39 Å². The average Bonchev–Trinajstić information content (AvgIpc) is 3.32. The molecule has 0 atom stereocenters. The first-order chi connectivity index (χ1) is 17.4. The molecule has 8 heteroatoms. The van der Waals surface area contributed by atoms with E-state index in [4.69, 9.17) is 16.6 Å². The summed E-state index contributed by atoms with van der Waals surface area (Å²) in [6, 6.07) is 12.4. The summed E-state index contributed by atoms with van der Waals surface area (Å²) in [5.74, 6) is 0.500. The van der Waals surface area contributed by atoms with Crippen LogP contribution in [0.25, 0.3) is 11.1 Å². The molecule has 0 N–H and O–H groups in total. The molecule has 2 aliphatic carbocycles. The zero-order chi connectivity index (χ0) is 24.9. The van der Waals surface area contributed by atoms with Gasteiger partial charge in [0, 0.05) is 37.1 Å². The molecule has 6 rings (SSSR count). The molecular weight excluding hydrogens is 479 g/mol. The van der Waals surface area contributed by atoms with Gasteiger partial charge in [0.05, 0.1) is 12.2 Å². The third-order valence-corrected chi connectivity index (χ3v) is 8.22. The van der Waals surface area contributed by atoms with Crippen LogP contribution in [0.5, 0.6) is 0 Å². The highest BCUT2D eigenvalue weighted by Gasteiger charge is 2.50. The van der Waals surface area contributed by atoms with E-state index in [0.717, 1.165) is 49.9 Å². The van der Waals surface area contributed by atoms with Crippen molar-refractivity contribution in [3.63, 3.8) is 0 Å². The maximum absolute atomic E-state index is 15.5. The van der Waals surface area contributed by atoms with Crippen LogP contribution in [-0.2, 0) is 9.59 Å². The summed E-state index contributed by atoms with van der Waals surface area (Å²) in [5, 5.41) is 0.630. The Morgan fingerprint density at radius 2 is 1.75 bits per heavy atom. The van der Waals surface area contributed by atoms with Crippen LogP contribution in [0.3, 0.4) is 0 Å². The van der Waals surface area contributed by atoms with Crippen molar-refractivity contribution in [2.75, 3.05) is 32.8 Å². The Labute approximate surface area is 215 Å². The molecule has 188 valence electrons. The van der Waals surface area contributed by atoms with E-state index in [-0.39, 0.29) is 17.7 Å². The van der Waals surface area contributed by atoms with Crippen LogP contribution in [0, 0.1) is 11.7 Å². The average molecular weight is 509 g/mol. The predicted octanol–water partition coefficient (Wildman–Crippen LogP) is 4.56. The summed E-state index contributed by atoms with van der Waals surface area (Å²) in [6.07, 6.45) is 5.34. The maximum Gasteiger partial charge on any atom is 0.256 e. The summed E-state index contributed by atoms with van der Waals surface area (Å²) < 4.78 is 15.5. The van der Waals surface area contributed by atoms with E-state index in [0.29, 0.717) is 49.0 Å². The van der Waals surface area contributed by atoms with Gasteiger partial charge < -0.3 is 4.90 Å². The van der Waals surface area contributed by atoms with Crippen molar-refractivity contribution in [3.05, 3.63) is 58.9 Å².